The zero-order valence-corrected chi connectivity index (χ0v) is 26.1. The van der Waals surface area contributed by atoms with Crippen LogP contribution in [-0.2, 0) is 23.7 Å². The number of ether oxygens (including phenoxy) is 4. The van der Waals surface area contributed by atoms with Crippen LogP contribution in [-0.4, -0.2) is 75.9 Å². The first-order valence-electron chi connectivity index (χ1n) is 16.0. The molecule has 0 radical (unpaired) electrons. The first kappa shape index (κ1) is 37.6. The zero-order valence-electron chi connectivity index (χ0n) is 26.1. The Balaban J connectivity index is 4.20. The van der Waals surface area contributed by atoms with Crippen molar-refractivity contribution < 1.29 is 28.5 Å². The minimum Gasteiger partial charge on any atom is -0.465 e. The van der Waals surface area contributed by atoms with Gasteiger partial charge in [-0.25, -0.2) is 4.79 Å². The van der Waals surface area contributed by atoms with E-state index in [9.17, 15) is 9.59 Å². The SMILES string of the molecule is CCCCCCCCOC(CCC(=O)OCC(C)COC(=O)NCCN(CC)CC)OCCCCCCCC. The number of amides is 1. The lowest BCUT2D eigenvalue weighted by atomic mass is 10.1. The Morgan fingerprint density at radius 3 is 1.77 bits per heavy atom. The third-order valence-electron chi connectivity index (χ3n) is 6.81. The maximum atomic E-state index is 12.3. The summed E-state index contributed by atoms with van der Waals surface area (Å²) in [4.78, 5) is 26.5. The van der Waals surface area contributed by atoms with E-state index >= 15 is 0 Å². The molecule has 0 aromatic carbocycles. The average Bonchev–Trinajstić information content (AvgIpc) is 2.94. The fraction of sp³-hybridized carbons (Fsp3) is 0.935. The van der Waals surface area contributed by atoms with Crippen LogP contribution in [0.3, 0.4) is 0 Å². The summed E-state index contributed by atoms with van der Waals surface area (Å²) in [7, 11) is 0. The minimum absolute atomic E-state index is 0.0776. The number of rotatable bonds is 28. The van der Waals surface area contributed by atoms with Crippen molar-refractivity contribution in [2.75, 3.05) is 52.6 Å². The van der Waals surface area contributed by atoms with Crippen molar-refractivity contribution in [1.82, 2.24) is 10.2 Å². The molecule has 39 heavy (non-hydrogen) atoms. The Morgan fingerprint density at radius 2 is 1.23 bits per heavy atom. The number of carbonyl (C=O) groups is 2. The van der Waals surface area contributed by atoms with Crippen LogP contribution in [0.5, 0.6) is 0 Å². The monoisotopic (exact) mass is 558 g/mol. The average molecular weight is 559 g/mol. The van der Waals surface area contributed by atoms with Crippen LogP contribution < -0.4 is 5.32 Å². The highest BCUT2D eigenvalue weighted by molar-refractivity contribution is 5.69. The number of hydrogen-bond donors (Lipinski definition) is 1. The molecule has 0 saturated carbocycles. The molecule has 0 bridgehead atoms. The molecule has 0 aliphatic rings. The van der Waals surface area contributed by atoms with Gasteiger partial charge in [-0.1, -0.05) is 98.8 Å². The molecule has 0 aromatic heterocycles. The maximum Gasteiger partial charge on any atom is 0.407 e. The molecule has 0 aliphatic carbocycles. The van der Waals surface area contributed by atoms with E-state index in [4.69, 9.17) is 18.9 Å². The Bertz CT molecular complexity index is 541. The van der Waals surface area contributed by atoms with Crippen molar-refractivity contribution in [1.29, 1.82) is 0 Å². The molecule has 8 nitrogen and oxygen atoms in total. The van der Waals surface area contributed by atoms with Gasteiger partial charge in [-0.05, 0) is 25.9 Å². The van der Waals surface area contributed by atoms with Gasteiger partial charge in [0, 0.05) is 38.6 Å². The van der Waals surface area contributed by atoms with Crippen LogP contribution in [0.4, 0.5) is 4.79 Å². The summed E-state index contributed by atoms with van der Waals surface area (Å²) in [5.41, 5.74) is 0. The fourth-order valence-corrected chi connectivity index (χ4v) is 4.13. The molecular weight excluding hydrogens is 496 g/mol. The summed E-state index contributed by atoms with van der Waals surface area (Å²) >= 11 is 0. The van der Waals surface area contributed by atoms with E-state index in [0.29, 0.717) is 26.2 Å². The first-order valence-corrected chi connectivity index (χ1v) is 16.0. The van der Waals surface area contributed by atoms with Crippen LogP contribution in [0.1, 0.15) is 125 Å². The van der Waals surface area contributed by atoms with Crippen LogP contribution in [0.25, 0.3) is 0 Å². The lowest BCUT2D eigenvalue weighted by Gasteiger charge is -2.19. The van der Waals surface area contributed by atoms with E-state index < -0.39 is 6.09 Å². The van der Waals surface area contributed by atoms with Crippen molar-refractivity contribution in [2.24, 2.45) is 5.92 Å². The summed E-state index contributed by atoms with van der Waals surface area (Å²) < 4.78 is 22.7. The number of esters is 1. The Hall–Kier alpha value is -1.38. The Labute approximate surface area is 240 Å². The van der Waals surface area contributed by atoms with Gasteiger partial charge in [-0.3, -0.25) is 4.79 Å². The fourth-order valence-electron chi connectivity index (χ4n) is 4.13. The number of alkyl carbamates (subject to hydrolysis) is 1. The van der Waals surface area contributed by atoms with Gasteiger partial charge >= 0.3 is 12.1 Å². The molecule has 232 valence electrons. The standard InChI is InChI=1S/C31H62N2O6/c1-6-10-12-14-16-18-24-36-30(37-25-19-17-15-13-11-7-2)21-20-29(34)38-26-28(5)27-39-31(35)32-22-23-33(8-3)9-4/h28,30H,6-27H2,1-5H3,(H,32,35). The zero-order chi connectivity index (χ0) is 29.0. The first-order chi connectivity index (χ1) is 19.0. The van der Waals surface area contributed by atoms with Gasteiger partial charge in [0.05, 0.1) is 19.6 Å². The summed E-state index contributed by atoms with van der Waals surface area (Å²) in [6.07, 6.45) is 14.4. The maximum absolute atomic E-state index is 12.3. The third kappa shape index (κ3) is 25.3. The molecule has 0 heterocycles. The second-order valence-electron chi connectivity index (χ2n) is 10.6. The van der Waals surface area contributed by atoms with Gasteiger partial charge in [0.1, 0.15) is 0 Å². The van der Waals surface area contributed by atoms with Crippen molar-refractivity contribution in [3.8, 4) is 0 Å². The van der Waals surface area contributed by atoms with Crippen molar-refractivity contribution in [3.05, 3.63) is 0 Å². The molecule has 8 heteroatoms. The predicted molar refractivity (Wildman–Crippen MR) is 159 cm³/mol. The summed E-state index contributed by atoms with van der Waals surface area (Å²) in [5, 5.41) is 2.76. The van der Waals surface area contributed by atoms with Crippen molar-refractivity contribution in [3.63, 3.8) is 0 Å². The molecule has 0 saturated heterocycles. The summed E-state index contributed by atoms with van der Waals surface area (Å²) in [6.45, 7) is 15.5. The summed E-state index contributed by atoms with van der Waals surface area (Å²) in [5.74, 6) is -0.354. The van der Waals surface area contributed by atoms with Gasteiger partial charge in [0.15, 0.2) is 6.29 Å². The van der Waals surface area contributed by atoms with Crippen molar-refractivity contribution in [2.45, 2.75) is 131 Å². The molecule has 1 amide bonds. The van der Waals surface area contributed by atoms with Gasteiger partial charge < -0.3 is 29.2 Å². The lowest BCUT2D eigenvalue weighted by molar-refractivity contribution is -0.160. The molecule has 0 aromatic rings. The lowest BCUT2D eigenvalue weighted by Crippen LogP contribution is -2.35. The molecule has 0 fully saturated rings. The van der Waals surface area contributed by atoms with E-state index in [1.807, 2.05) is 6.92 Å². The van der Waals surface area contributed by atoms with Crippen LogP contribution in [0, 0.1) is 5.92 Å². The number of nitrogens with one attached hydrogen (secondary N) is 1. The molecule has 1 atom stereocenters. The number of carbonyl (C=O) groups excluding carboxylic acids is 2. The smallest absolute Gasteiger partial charge is 0.407 e. The topological polar surface area (TPSA) is 86.3 Å². The number of unbranched alkanes of at least 4 members (excludes halogenated alkanes) is 10. The van der Waals surface area contributed by atoms with Crippen molar-refractivity contribution >= 4 is 12.1 Å². The van der Waals surface area contributed by atoms with E-state index in [-0.39, 0.29) is 37.8 Å². The van der Waals surface area contributed by atoms with Crippen LogP contribution in [0.15, 0.2) is 0 Å². The highest BCUT2D eigenvalue weighted by Crippen LogP contribution is 2.12. The molecule has 0 aliphatic heterocycles. The molecule has 1 unspecified atom stereocenters. The minimum atomic E-state index is -0.437. The van der Waals surface area contributed by atoms with Crippen LogP contribution >= 0.6 is 0 Å². The number of likely N-dealkylation sites (N-methyl/N-ethyl adjacent to an activating group) is 1. The highest BCUT2D eigenvalue weighted by atomic mass is 16.7. The van der Waals surface area contributed by atoms with E-state index in [1.54, 1.807) is 0 Å². The van der Waals surface area contributed by atoms with E-state index in [1.165, 1.54) is 64.2 Å². The number of nitrogens with zero attached hydrogens (tertiary/aromatic N) is 1. The quantitative estimate of drug-likeness (QED) is 0.0623. The second-order valence-corrected chi connectivity index (χ2v) is 10.6. The summed E-state index contributed by atoms with van der Waals surface area (Å²) in [6, 6.07) is 0. The normalized spacial score (nSPS) is 12.2. The molecule has 0 rings (SSSR count). The van der Waals surface area contributed by atoms with E-state index in [2.05, 4.69) is 37.9 Å². The largest absolute Gasteiger partial charge is 0.465 e. The van der Waals surface area contributed by atoms with Gasteiger partial charge in [-0.15, -0.1) is 0 Å². The molecule has 0 spiro atoms. The van der Waals surface area contributed by atoms with Crippen LogP contribution in [0.2, 0.25) is 0 Å². The Kier molecular flexibility index (Phi) is 27.2. The van der Waals surface area contributed by atoms with Gasteiger partial charge in [0.2, 0.25) is 0 Å². The highest BCUT2D eigenvalue weighted by Gasteiger charge is 2.15. The van der Waals surface area contributed by atoms with E-state index in [0.717, 1.165) is 32.5 Å². The van der Waals surface area contributed by atoms with Gasteiger partial charge in [0.25, 0.3) is 0 Å². The third-order valence-corrected chi connectivity index (χ3v) is 6.81. The molecular formula is C31H62N2O6. The number of hydrogen-bond acceptors (Lipinski definition) is 7. The van der Waals surface area contributed by atoms with Gasteiger partial charge in [-0.2, -0.15) is 0 Å². The predicted octanol–water partition coefficient (Wildman–Crippen LogP) is 7.09. The Morgan fingerprint density at radius 1 is 0.718 bits per heavy atom. The molecule has 1 N–H and O–H groups in total. The second kappa shape index (κ2) is 28.2.